The maximum absolute atomic E-state index is 12.4. The van der Waals surface area contributed by atoms with E-state index in [-0.39, 0.29) is 11.1 Å². The Labute approximate surface area is 161 Å². The molecule has 140 valence electrons. The van der Waals surface area contributed by atoms with Gasteiger partial charge in [-0.25, -0.2) is 9.97 Å². The second kappa shape index (κ2) is 6.88. The van der Waals surface area contributed by atoms with Crippen LogP contribution >= 0.6 is 11.8 Å². The number of benzene rings is 1. The molecule has 4 aromatic rings. The molecule has 0 radical (unpaired) electrons. The van der Waals surface area contributed by atoms with Crippen molar-refractivity contribution >= 4 is 33.8 Å². The van der Waals surface area contributed by atoms with E-state index in [0.717, 1.165) is 22.8 Å². The molecule has 7 heteroatoms. The van der Waals surface area contributed by atoms with Gasteiger partial charge in [0.25, 0.3) is 5.56 Å². The molecule has 0 unspecified atom stereocenters. The Bertz CT molecular complexity index is 1190. The van der Waals surface area contributed by atoms with Crippen molar-refractivity contribution in [3.63, 3.8) is 0 Å². The fourth-order valence-electron chi connectivity index (χ4n) is 3.16. The van der Waals surface area contributed by atoms with Gasteiger partial charge in [-0.1, -0.05) is 37.7 Å². The normalized spacial score (nSPS) is 11.9. The molecule has 0 aliphatic heterocycles. The number of aromatic amines is 1. The molecule has 0 aliphatic rings. The van der Waals surface area contributed by atoms with Gasteiger partial charge in [0.2, 0.25) is 5.58 Å². The molecule has 3 aromatic heterocycles. The van der Waals surface area contributed by atoms with E-state index < -0.39 is 0 Å². The predicted octanol–water partition coefficient (Wildman–Crippen LogP) is 4.43. The number of thioether (sulfide) groups is 1. The van der Waals surface area contributed by atoms with Crippen LogP contribution in [-0.4, -0.2) is 19.5 Å². The number of H-pyrrole nitrogens is 1. The quantitative estimate of drug-likeness (QED) is 0.517. The molecule has 4 rings (SSSR count). The number of nitrogens with zero attached hydrogens (tertiary/aromatic N) is 3. The number of para-hydroxylation sites is 1. The highest BCUT2D eigenvalue weighted by molar-refractivity contribution is 7.98. The molecule has 0 aliphatic carbocycles. The van der Waals surface area contributed by atoms with E-state index in [2.05, 4.69) is 35.3 Å². The van der Waals surface area contributed by atoms with Gasteiger partial charge in [0.1, 0.15) is 16.9 Å². The van der Waals surface area contributed by atoms with Gasteiger partial charge in [0.15, 0.2) is 5.16 Å². The standard InChI is InChI=1S/C20H22N4O2S/c1-11(2)9-24-13(4)12(3)21-20(24)27-10-16-22-17-14-7-5-6-8-15(14)26-18(17)19(25)23-16/h5-8,11H,9-10H2,1-4H3,(H,22,23,25). The van der Waals surface area contributed by atoms with Crippen LogP contribution in [0.1, 0.15) is 31.1 Å². The van der Waals surface area contributed by atoms with Crippen LogP contribution in [0.5, 0.6) is 0 Å². The van der Waals surface area contributed by atoms with Gasteiger partial charge in [-0.05, 0) is 31.9 Å². The number of furan rings is 1. The molecule has 0 fully saturated rings. The zero-order chi connectivity index (χ0) is 19.1. The molecule has 0 saturated carbocycles. The van der Waals surface area contributed by atoms with Crippen LogP contribution in [0, 0.1) is 19.8 Å². The van der Waals surface area contributed by atoms with E-state index >= 15 is 0 Å². The maximum Gasteiger partial charge on any atom is 0.294 e. The Hall–Kier alpha value is -2.54. The van der Waals surface area contributed by atoms with Gasteiger partial charge in [0.05, 0.1) is 11.4 Å². The third kappa shape index (κ3) is 3.27. The second-order valence-corrected chi connectivity index (χ2v) is 8.09. The Morgan fingerprint density at radius 1 is 1.22 bits per heavy atom. The molecule has 0 atom stereocenters. The van der Waals surface area contributed by atoms with Crippen molar-refractivity contribution in [3.8, 4) is 0 Å². The number of hydrogen-bond donors (Lipinski definition) is 1. The lowest BCUT2D eigenvalue weighted by atomic mass is 10.2. The van der Waals surface area contributed by atoms with Crippen molar-refractivity contribution in [2.45, 2.75) is 45.1 Å². The van der Waals surface area contributed by atoms with E-state index in [9.17, 15) is 4.79 Å². The summed E-state index contributed by atoms with van der Waals surface area (Å²) in [6.45, 7) is 9.43. The highest BCUT2D eigenvalue weighted by Crippen LogP contribution is 2.27. The second-order valence-electron chi connectivity index (χ2n) is 7.15. The first-order valence-electron chi connectivity index (χ1n) is 9.01. The molecule has 1 aromatic carbocycles. The number of fused-ring (bicyclic) bond motifs is 3. The van der Waals surface area contributed by atoms with Crippen molar-refractivity contribution in [2.75, 3.05) is 0 Å². The number of rotatable bonds is 5. The SMILES string of the molecule is Cc1nc(SCc2nc3c(oc4ccccc43)c(=O)[nH]2)n(CC(C)C)c1C. The lowest BCUT2D eigenvalue weighted by Gasteiger charge is -2.12. The summed E-state index contributed by atoms with van der Waals surface area (Å²) in [6, 6.07) is 7.57. The molecule has 0 bridgehead atoms. The minimum Gasteiger partial charge on any atom is -0.449 e. The predicted molar refractivity (Wildman–Crippen MR) is 108 cm³/mol. The third-order valence-corrected chi connectivity index (χ3v) is 5.58. The first kappa shape index (κ1) is 17.9. The van der Waals surface area contributed by atoms with E-state index in [0.29, 0.717) is 28.6 Å². The highest BCUT2D eigenvalue weighted by Gasteiger charge is 2.16. The van der Waals surface area contributed by atoms with Crippen LogP contribution in [0.15, 0.2) is 38.6 Å². The number of nitrogens with one attached hydrogen (secondary N) is 1. The summed E-state index contributed by atoms with van der Waals surface area (Å²) in [5, 5.41) is 1.82. The number of hydrogen-bond acceptors (Lipinski definition) is 5. The van der Waals surface area contributed by atoms with Crippen molar-refractivity contribution in [2.24, 2.45) is 5.92 Å². The number of aryl methyl sites for hydroxylation is 1. The van der Waals surface area contributed by atoms with Crippen molar-refractivity contribution in [1.29, 1.82) is 0 Å². The van der Waals surface area contributed by atoms with Crippen LogP contribution in [0.25, 0.3) is 22.1 Å². The average molecular weight is 382 g/mol. The van der Waals surface area contributed by atoms with Crippen LogP contribution in [-0.2, 0) is 12.3 Å². The lowest BCUT2D eigenvalue weighted by molar-refractivity contribution is 0.486. The Morgan fingerprint density at radius 3 is 2.78 bits per heavy atom. The van der Waals surface area contributed by atoms with Gasteiger partial charge >= 0.3 is 0 Å². The molecular weight excluding hydrogens is 360 g/mol. The summed E-state index contributed by atoms with van der Waals surface area (Å²) < 4.78 is 7.90. The third-order valence-electron chi connectivity index (χ3n) is 4.59. The molecule has 27 heavy (non-hydrogen) atoms. The van der Waals surface area contributed by atoms with Crippen molar-refractivity contribution < 1.29 is 4.42 Å². The summed E-state index contributed by atoms with van der Waals surface area (Å²) in [5.41, 5.74) is 3.54. The largest absolute Gasteiger partial charge is 0.449 e. The number of imidazole rings is 1. The van der Waals surface area contributed by atoms with Crippen LogP contribution < -0.4 is 5.56 Å². The van der Waals surface area contributed by atoms with E-state index in [4.69, 9.17) is 9.40 Å². The van der Waals surface area contributed by atoms with Crippen molar-refractivity contribution in [3.05, 3.63) is 51.8 Å². The van der Waals surface area contributed by atoms with Crippen LogP contribution in [0.3, 0.4) is 0 Å². The molecular formula is C20H22N4O2S. The zero-order valence-corrected chi connectivity index (χ0v) is 16.7. The van der Waals surface area contributed by atoms with E-state index in [1.54, 1.807) is 11.8 Å². The van der Waals surface area contributed by atoms with E-state index in [1.807, 2.05) is 31.2 Å². The van der Waals surface area contributed by atoms with Gasteiger partial charge in [0, 0.05) is 17.6 Å². The molecule has 0 spiro atoms. The van der Waals surface area contributed by atoms with Crippen LogP contribution in [0.4, 0.5) is 0 Å². The first-order valence-corrected chi connectivity index (χ1v) is 9.99. The molecule has 3 heterocycles. The monoisotopic (exact) mass is 382 g/mol. The Balaban J connectivity index is 1.68. The van der Waals surface area contributed by atoms with Gasteiger partial charge in [-0.2, -0.15) is 0 Å². The molecule has 6 nitrogen and oxygen atoms in total. The molecule has 0 saturated heterocycles. The molecule has 0 amide bonds. The Morgan fingerprint density at radius 2 is 2.00 bits per heavy atom. The fourth-order valence-corrected chi connectivity index (χ4v) is 4.13. The number of aromatic nitrogens is 4. The van der Waals surface area contributed by atoms with Gasteiger partial charge in [-0.3, -0.25) is 4.79 Å². The summed E-state index contributed by atoms with van der Waals surface area (Å²) in [5.74, 6) is 1.69. The highest BCUT2D eigenvalue weighted by atomic mass is 32.2. The van der Waals surface area contributed by atoms with Gasteiger partial charge < -0.3 is 14.0 Å². The maximum atomic E-state index is 12.4. The summed E-state index contributed by atoms with van der Waals surface area (Å²) in [6.07, 6.45) is 0. The average Bonchev–Trinajstić information content (AvgIpc) is 3.13. The summed E-state index contributed by atoms with van der Waals surface area (Å²) in [7, 11) is 0. The topological polar surface area (TPSA) is 76.7 Å². The van der Waals surface area contributed by atoms with Crippen molar-refractivity contribution in [1.82, 2.24) is 19.5 Å². The molecule has 1 N–H and O–H groups in total. The minimum atomic E-state index is -0.246. The lowest BCUT2D eigenvalue weighted by Crippen LogP contribution is -2.11. The summed E-state index contributed by atoms with van der Waals surface area (Å²) in [4.78, 5) is 24.6. The fraction of sp³-hybridized carbons (Fsp3) is 0.350. The first-order chi connectivity index (χ1) is 12.9. The minimum absolute atomic E-state index is 0.246. The summed E-state index contributed by atoms with van der Waals surface area (Å²) >= 11 is 1.59. The Kier molecular flexibility index (Phi) is 4.55. The van der Waals surface area contributed by atoms with Crippen LogP contribution in [0.2, 0.25) is 0 Å². The van der Waals surface area contributed by atoms with Gasteiger partial charge in [-0.15, -0.1) is 0 Å². The zero-order valence-electron chi connectivity index (χ0n) is 15.9. The smallest absolute Gasteiger partial charge is 0.294 e. The van der Waals surface area contributed by atoms with E-state index in [1.165, 1.54) is 5.69 Å².